The molecule has 0 bridgehead atoms. The van der Waals surface area contributed by atoms with Crippen molar-refractivity contribution in [2.45, 2.75) is 10.1 Å². The lowest BCUT2D eigenvalue weighted by molar-refractivity contribution is 0.391. The first-order chi connectivity index (χ1) is 8.54. The van der Waals surface area contributed by atoms with Crippen LogP contribution in [0.25, 0.3) is 0 Å². The maximum absolute atomic E-state index is 12.2. The van der Waals surface area contributed by atoms with Gasteiger partial charge in [-0.05, 0) is 24.3 Å². The number of nitrogens with zero attached hydrogens (tertiary/aromatic N) is 2. The second-order valence-electron chi connectivity index (χ2n) is 3.34. The molecule has 0 fully saturated rings. The summed E-state index contributed by atoms with van der Waals surface area (Å²) in [6.07, 6.45) is 1.33. The molecular formula is C11H9ClN2O3S. The van der Waals surface area contributed by atoms with Crippen LogP contribution in [0.3, 0.4) is 0 Å². The number of aromatic nitrogens is 2. The van der Waals surface area contributed by atoms with E-state index in [0.717, 1.165) is 0 Å². The summed E-state index contributed by atoms with van der Waals surface area (Å²) in [4.78, 5) is 7.64. The van der Waals surface area contributed by atoms with Crippen molar-refractivity contribution in [3.05, 3.63) is 41.6 Å². The molecule has 7 heteroatoms. The van der Waals surface area contributed by atoms with E-state index in [2.05, 4.69) is 9.97 Å². The second kappa shape index (κ2) is 4.91. The van der Waals surface area contributed by atoms with Crippen LogP contribution < -0.4 is 4.74 Å². The third kappa shape index (κ3) is 2.44. The minimum Gasteiger partial charge on any atom is -0.481 e. The topological polar surface area (TPSA) is 69.2 Å². The first kappa shape index (κ1) is 12.8. The van der Waals surface area contributed by atoms with Crippen LogP contribution in [0.2, 0.25) is 5.02 Å². The summed E-state index contributed by atoms with van der Waals surface area (Å²) in [6.45, 7) is 0. The molecule has 0 aliphatic carbocycles. The Morgan fingerprint density at radius 2 is 1.83 bits per heavy atom. The van der Waals surface area contributed by atoms with Crippen molar-refractivity contribution in [1.29, 1.82) is 0 Å². The highest BCUT2D eigenvalue weighted by atomic mass is 35.5. The molecule has 0 saturated heterocycles. The molecule has 0 amide bonds. The van der Waals surface area contributed by atoms with Crippen LogP contribution in [0, 0.1) is 0 Å². The van der Waals surface area contributed by atoms with E-state index in [9.17, 15) is 8.42 Å². The van der Waals surface area contributed by atoms with E-state index in [0.29, 0.717) is 5.02 Å². The summed E-state index contributed by atoms with van der Waals surface area (Å²) in [7, 11) is -2.35. The SMILES string of the molecule is COc1ccnc(S(=O)(=O)c2ccc(Cl)cc2)n1. The number of hydrogen-bond donors (Lipinski definition) is 0. The van der Waals surface area contributed by atoms with Crippen molar-refractivity contribution in [3.8, 4) is 5.88 Å². The van der Waals surface area contributed by atoms with E-state index in [-0.39, 0.29) is 15.9 Å². The van der Waals surface area contributed by atoms with E-state index in [1.165, 1.54) is 43.6 Å². The van der Waals surface area contributed by atoms with E-state index in [4.69, 9.17) is 16.3 Å². The molecule has 0 aliphatic heterocycles. The van der Waals surface area contributed by atoms with Gasteiger partial charge in [0.25, 0.3) is 5.16 Å². The van der Waals surface area contributed by atoms with Gasteiger partial charge in [0.05, 0.1) is 12.0 Å². The monoisotopic (exact) mass is 284 g/mol. The number of rotatable bonds is 3. The van der Waals surface area contributed by atoms with Gasteiger partial charge in [0, 0.05) is 17.3 Å². The van der Waals surface area contributed by atoms with Gasteiger partial charge in [-0.2, -0.15) is 4.98 Å². The summed E-state index contributed by atoms with van der Waals surface area (Å²) >= 11 is 5.71. The van der Waals surface area contributed by atoms with Gasteiger partial charge in [-0.3, -0.25) is 0 Å². The fourth-order valence-electron chi connectivity index (χ4n) is 1.29. The lowest BCUT2D eigenvalue weighted by Gasteiger charge is -2.04. The Hall–Kier alpha value is -1.66. The smallest absolute Gasteiger partial charge is 0.255 e. The predicted octanol–water partition coefficient (Wildman–Crippen LogP) is 1.97. The fourth-order valence-corrected chi connectivity index (χ4v) is 2.53. The highest BCUT2D eigenvalue weighted by Crippen LogP contribution is 2.20. The minimum atomic E-state index is -3.75. The molecule has 0 unspecified atom stereocenters. The molecule has 1 aromatic heterocycles. The molecule has 0 saturated carbocycles. The molecule has 0 radical (unpaired) electrons. The normalized spacial score (nSPS) is 11.2. The van der Waals surface area contributed by atoms with Crippen molar-refractivity contribution < 1.29 is 13.2 Å². The average molecular weight is 285 g/mol. The van der Waals surface area contributed by atoms with Crippen molar-refractivity contribution in [2.75, 3.05) is 7.11 Å². The van der Waals surface area contributed by atoms with Crippen molar-refractivity contribution in [1.82, 2.24) is 9.97 Å². The number of methoxy groups -OCH3 is 1. The van der Waals surface area contributed by atoms with Crippen molar-refractivity contribution in [3.63, 3.8) is 0 Å². The van der Waals surface area contributed by atoms with Gasteiger partial charge in [-0.15, -0.1) is 0 Å². The molecule has 1 aromatic carbocycles. The number of ether oxygens (including phenoxy) is 1. The molecule has 0 N–H and O–H groups in total. The summed E-state index contributed by atoms with van der Waals surface area (Å²) in [5, 5.41) is 0.157. The minimum absolute atomic E-state index is 0.0835. The van der Waals surface area contributed by atoms with Crippen LogP contribution in [0.1, 0.15) is 0 Å². The summed E-state index contributed by atoms with van der Waals surface area (Å²) in [5.74, 6) is 0.192. The number of hydrogen-bond acceptors (Lipinski definition) is 5. The van der Waals surface area contributed by atoms with Crippen LogP contribution >= 0.6 is 11.6 Å². The molecule has 1 heterocycles. The van der Waals surface area contributed by atoms with Crippen molar-refractivity contribution in [2.24, 2.45) is 0 Å². The molecule has 94 valence electrons. The molecular weight excluding hydrogens is 276 g/mol. The Balaban J connectivity index is 2.50. The van der Waals surface area contributed by atoms with Gasteiger partial charge in [0.15, 0.2) is 0 Å². The largest absolute Gasteiger partial charge is 0.481 e. The Morgan fingerprint density at radius 3 is 2.44 bits per heavy atom. The Kier molecular flexibility index (Phi) is 3.49. The van der Waals surface area contributed by atoms with Gasteiger partial charge in [0.1, 0.15) is 0 Å². The third-order valence-corrected chi connectivity index (χ3v) is 4.00. The number of benzene rings is 1. The van der Waals surface area contributed by atoms with Crippen LogP contribution in [0.5, 0.6) is 5.88 Å². The lowest BCUT2D eigenvalue weighted by Crippen LogP contribution is -2.07. The Morgan fingerprint density at radius 1 is 1.17 bits per heavy atom. The van der Waals surface area contributed by atoms with Crippen LogP contribution in [-0.2, 0) is 9.84 Å². The molecule has 2 aromatic rings. The second-order valence-corrected chi connectivity index (χ2v) is 5.62. The molecule has 0 spiro atoms. The van der Waals surface area contributed by atoms with Crippen LogP contribution in [0.4, 0.5) is 0 Å². The molecule has 0 atom stereocenters. The Bertz CT molecular complexity index is 656. The maximum atomic E-state index is 12.2. The van der Waals surface area contributed by atoms with Gasteiger partial charge in [0.2, 0.25) is 15.7 Å². The zero-order valence-corrected chi connectivity index (χ0v) is 10.9. The third-order valence-electron chi connectivity index (χ3n) is 2.18. The van der Waals surface area contributed by atoms with Crippen LogP contribution in [0.15, 0.2) is 46.6 Å². The first-order valence-electron chi connectivity index (χ1n) is 4.92. The maximum Gasteiger partial charge on any atom is 0.255 e. The number of halogens is 1. The molecule has 18 heavy (non-hydrogen) atoms. The van der Waals surface area contributed by atoms with E-state index < -0.39 is 9.84 Å². The molecule has 0 aliphatic rings. The zero-order valence-electron chi connectivity index (χ0n) is 9.37. The summed E-state index contributed by atoms with van der Waals surface area (Å²) < 4.78 is 29.2. The fraction of sp³-hybridized carbons (Fsp3) is 0.0909. The van der Waals surface area contributed by atoms with Gasteiger partial charge in [-0.1, -0.05) is 11.6 Å². The molecule has 2 rings (SSSR count). The summed E-state index contributed by atoms with van der Waals surface area (Å²) in [5.41, 5.74) is 0. The van der Waals surface area contributed by atoms with Gasteiger partial charge in [-0.25, -0.2) is 13.4 Å². The van der Waals surface area contributed by atoms with Gasteiger partial charge >= 0.3 is 0 Å². The first-order valence-corrected chi connectivity index (χ1v) is 6.78. The predicted molar refractivity (Wildman–Crippen MR) is 65.5 cm³/mol. The van der Waals surface area contributed by atoms with Crippen molar-refractivity contribution >= 4 is 21.4 Å². The van der Waals surface area contributed by atoms with Crippen LogP contribution in [-0.4, -0.2) is 25.5 Å². The lowest BCUT2D eigenvalue weighted by atomic mass is 10.4. The highest BCUT2D eigenvalue weighted by molar-refractivity contribution is 7.91. The zero-order chi connectivity index (χ0) is 13.2. The highest BCUT2D eigenvalue weighted by Gasteiger charge is 2.21. The van der Waals surface area contributed by atoms with Gasteiger partial charge < -0.3 is 4.74 Å². The van der Waals surface area contributed by atoms with E-state index >= 15 is 0 Å². The Labute approximate surface area is 109 Å². The van der Waals surface area contributed by atoms with E-state index in [1.54, 1.807) is 0 Å². The average Bonchev–Trinajstić information content (AvgIpc) is 2.39. The van der Waals surface area contributed by atoms with E-state index in [1.807, 2.05) is 0 Å². The number of sulfone groups is 1. The molecule has 5 nitrogen and oxygen atoms in total. The summed E-state index contributed by atoms with van der Waals surface area (Å²) in [6, 6.07) is 7.27. The quantitative estimate of drug-likeness (QED) is 0.806. The standard InChI is InChI=1S/C11H9ClN2O3S/c1-17-10-6-7-13-11(14-10)18(15,16)9-4-2-8(12)3-5-9/h2-7H,1H3.